The Morgan fingerprint density at radius 3 is 2.62 bits per heavy atom. The summed E-state index contributed by atoms with van der Waals surface area (Å²) in [6.07, 6.45) is 8.63. The van der Waals surface area contributed by atoms with E-state index in [1.165, 1.54) is 37.3 Å². The van der Waals surface area contributed by atoms with Gasteiger partial charge in [-0.3, -0.25) is 14.7 Å². The Bertz CT molecular complexity index is 987. The lowest BCUT2D eigenvalue weighted by molar-refractivity contribution is 0.0933. The number of anilines is 1. The fraction of sp³-hybridized carbons (Fsp3) is 0.609. The van der Waals surface area contributed by atoms with Crippen LogP contribution in [0.5, 0.6) is 0 Å². The number of hydrogen-bond acceptors (Lipinski definition) is 6. The van der Waals surface area contributed by atoms with Crippen LogP contribution >= 0.6 is 11.3 Å². The maximum atomic E-state index is 14.2. The van der Waals surface area contributed by atoms with E-state index in [4.69, 9.17) is 0 Å². The summed E-state index contributed by atoms with van der Waals surface area (Å²) in [6.45, 7) is 6.65. The summed E-state index contributed by atoms with van der Waals surface area (Å²) in [7, 11) is 0. The van der Waals surface area contributed by atoms with Gasteiger partial charge in [-0.25, -0.2) is 13.8 Å². The van der Waals surface area contributed by atoms with Crippen LogP contribution in [0.2, 0.25) is 0 Å². The van der Waals surface area contributed by atoms with Crippen molar-refractivity contribution in [3.63, 3.8) is 0 Å². The summed E-state index contributed by atoms with van der Waals surface area (Å²) < 4.78 is 27.4. The highest BCUT2D eigenvalue weighted by Gasteiger charge is 2.49. The number of piperidine rings is 2. The zero-order valence-electron chi connectivity index (χ0n) is 18.3. The zero-order valence-corrected chi connectivity index (χ0v) is 19.1. The second kappa shape index (κ2) is 8.67. The minimum absolute atomic E-state index is 0.103. The molecule has 3 fully saturated rings. The van der Waals surface area contributed by atoms with E-state index < -0.39 is 17.2 Å². The van der Waals surface area contributed by atoms with E-state index in [2.05, 4.69) is 32.0 Å². The number of aromatic nitrogens is 2. The monoisotopic (exact) mass is 461 g/mol. The molecule has 5 rings (SSSR count). The highest BCUT2D eigenvalue weighted by Crippen LogP contribution is 2.46. The van der Waals surface area contributed by atoms with Crippen LogP contribution in [0.4, 0.5) is 13.9 Å². The Labute approximate surface area is 191 Å². The minimum Gasteiger partial charge on any atom is -0.348 e. The molecule has 0 aromatic carbocycles. The van der Waals surface area contributed by atoms with E-state index in [1.807, 2.05) is 0 Å². The van der Waals surface area contributed by atoms with Crippen LogP contribution in [0, 0.1) is 17.6 Å². The van der Waals surface area contributed by atoms with Gasteiger partial charge < -0.3 is 10.2 Å². The molecule has 2 saturated heterocycles. The number of halogens is 2. The van der Waals surface area contributed by atoms with Crippen molar-refractivity contribution in [2.24, 2.45) is 5.92 Å². The third kappa shape index (κ3) is 4.37. The molecular formula is C23H29F2N5OS. The van der Waals surface area contributed by atoms with Crippen molar-refractivity contribution in [1.82, 2.24) is 20.2 Å². The lowest BCUT2D eigenvalue weighted by Gasteiger charge is -2.41. The maximum absolute atomic E-state index is 14.2. The van der Waals surface area contributed by atoms with Crippen molar-refractivity contribution in [2.45, 2.75) is 57.0 Å². The number of thiazole rings is 1. The van der Waals surface area contributed by atoms with Gasteiger partial charge in [0, 0.05) is 31.7 Å². The maximum Gasteiger partial charge on any atom is 0.263 e. The molecular weight excluding hydrogens is 432 g/mol. The smallest absolute Gasteiger partial charge is 0.263 e. The van der Waals surface area contributed by atoms with Gasteiger partial charge in [-0.05, 0) is 51.0 Å². The van der Waals surface area contributed by atoms with Crippen molar-refractivity contribution in [1.29, 1.82) is 0 Å². The van der Waals surface area contributed by atoms with E-state index in [0.717, 1.165) is 49.2 Å². The zero-order chi connectivity index (χ0) is 22.3. The van der Waals surface area contributed by atoms with E-state index in [-0.39, 0.29) is 11.6 Å². The Balaban J connectivity index is 1.19. The van der Waals surface area contributed by atoms with Crippen molar-refractivity contribution in [2.75, 3.05) is 31.1 Å². The molecule has 6 nitrogen and oxygen atoms in total. The molecule has 2 aliphatic heterocycles. The summed E-state index contributed by atoms with van der Waals surface area (Å²) in [6, 6.07) is 1.46. The van der Waals surface area contributed by atoms with Gasteiger partial charge in [-0.15, -0.1) is 0 Å². The van der Waals surface area contributed by atoms with Gasteiger partial charge in [0.05, 0.1) is 17.9 Å². The van der Waals surface area contributed by atoms with E-state index in [1.54, 1.807) is 6.20 Å². The molecule has 0 spiro atoms. The van der Waals surface area contributed by atoms with Crippen LogP contribution < -0.4 is 10.2 Å². The summed E-state index contributed by atoms with van der Waals surface area (Å²) in [5.41, 5.74) is -0.741. The molecule has 1 aliphatic carbocycles. The summed E-state index contributed by atoms with van der Waals surface area (Å²) in [5.74, 6) is -0.943. The van der Waals surface area contributed by atoms with Crippen LogP contribution in [0.1, 0.15) is 60.8 Å². The summed E-state index contributed by atoms with van der Waals surface area (Å²) >= 11 is 1.37. The first-order chi connectivity index (χ1) is 15.4. The number of hydrogen-bond donors (Lipinski definition) is 1. The standard InChI is InChI=1S/C23H29F2N5OS/c1-15-3-2-8-30(14-15)17-4-9-29(10-5-17)22-27-13-19(32-22)21(31)28-23(6-7-23)20-18(25)11-16(24)12-26-20/h11-13,15,17H,2-10,14H2,1H3,(H,28,31)/t15-/m1/s1. The quantitative estimate of drug-likeness (QED) is 0.731. The Morgan fingerprint density at radius 2 is 1.94 bits per heavy atom. The lowest BCUT2D eigenvalue weighted by Crippen LogP contribution is -2.48. The number of amides is 1. The van der Waals surface area contributed by atoms with Crippen molar-refractivity contribution in [3.05, 3.63) is 40.7 Å². The normalized spacial score (nSPS) is 23.8. The van der Waals surface area contributed by atoms with Gasteiger partial charge in [0.2, 0.25) is 0 Å². The molecule has 1 saturated carbocycles. The average molecular weight is 462 g/mol. The third-order valence-electron chi connectivity index (χ3n) is 7.02. The second-order valence-corrected chi connectivity index (χ2v) is 10.5. The molecule has 32 heavy (non-hydrogen) atoms. The minimum atomic E-state index is -0.844. The van der Waals surface area contributed by atoms with Gasteiger partial charge in [0.15, 0.2) is 5.13 Å². The van der Waals surface area contributed by atoms with Crippen molar-refractivity contribution >= 4 is 22.4 Å². The van der Waals surface area contributed by atoms with Gasteiger partial charge in [-0.1, -0.05) is 18.3 Å². The largest absolute Gasteiger partial charge is 0.348 e. The van der Waals surface area contributed by atoms with Gasteiger partial charge in [0.1, 0.15) is 22.2 Å². The summed E-state index contributed by atoms with van der Waals surface area (Å²) in [5, 5.41) is 3.77. The Hall–Kier alpha value is -2.13. The number of nitrogens with one attached hydrogen (secondary N) is 1. The molecule has 9 heteroatoms. The summed E-state index contributed by atoms with van der Waals surface area (Å²) in [4.78, 5) is 26.7. The number of pyridine rings is 1. The van der Waals surface area contributed by atoms with Gasteiger partial charge in [0.25, 0.3) is 5.91 Å². The van der Waals surface area contributed by atoms with Crippen LogP contribution in [0.15, 0.2) is 18.5 Å². The lowest BCUT2D eigenvalue weighted by atomic mass is 9.95. The first-order valence-electron chi connectivity index (χ1n) is 11.5. The van der Waals surface area contributed by atoms with Gasteiger partial charge in [-0.2, -0.15) is 0 Å². The molecule has 172 valence electrons. The highest BCUT2D eigenvalue weighted by atomic mass is 32.1. The Kier molecular flexibility index (Phi) is 5.88. The first-order valence-corrected chi connectivity index (χ1v) is 12.3. The van der Waals surface area contributed by atoms with Crippen LogP contribution in [0.3, 0.4) is 0 Å². The van der Waals surface area contributed by atoms with Crippen LogP contribution in [0.25, 0.3) is 0 Å². The molecule has 0 unspecified atom stereocenters. The molecule has 1 N–H and O–H groups in total. The molecule has 0 bridgehead atoms. The molecule has 2 aromatic heterocycles. The second-order valence-electron chi connectivity index (χ2n) is 9.49. The van der Waals surface area contributed by atoms with Crippen molar-refractivity contribution in [3.8, 4) is 0 Å². The fourth-order valence-electron chi connectivity index (χ4n) is 5.09. The molecule has 4 heterocycles. The number of likely N-dealkylation sites (tertiary alicyclic amines) is 1. The molecule has 1 atom stereocenters. The predicted octanol–water partition coefficient (Wildman–Crippen LogP) is 3.94. The van der Waals surface area contributed by atoms with E-state index >= 15 is 0 Å². The molecule has 1 amide bonds. The first kappa shape index (κ1) is 21.7. The topological polar surface area (TPSA) is 61.4 Å². The molecule has 3 aliphatic rings. The third-order valence-corrected chi connectivity index (χ3v) is 8.08. The predicted molar refractivity (Wildman–Crippen MR) is 120 cm³/mol. The number of carbonyl (C=O) groups excluding carboxylic acids is 1. The van der Waals surface area contributed by atoms with Crippen LogP contribution in [-0.2, 0) is 5.54 Å². The number of rotatable bonds is 5. The fourth-order valence-corrected chi connectivity index (χ4v) is 5.95. The number of nitrogens with zero attached hydrogens (tertiary/aromatic N) is 4. The Morgan fingerprint density at radius 1 is 1.16 bits per heavy atom. The van der Waals surface area contributed by atoms with E-state index in [9.17, 15) is 13.6 Å². The molecule has 0 radical (unpaired) electrons. The SMILES string of the molecule is C[C@@H]1CCCN(C2CCN(c3ncc(C(=O)NC4(c5ncc(F)cc5F)CC4)s3)CC2)C1. The van der Waals surface area contributed by atoms with Crippen LogP contribution in [-0.4, -0.2) is 53.0 Å². The van der Waals surface area contributed by atoms with Gasteiger partial charge >= 0.3 is 0 Å². The average Bonchev–Trinajstić information content (AvgIpc) is 3.37. The van der Waals surface area contributed by atoms with Crippen molar-refractivity contribution < 1.29 is 13.6 Å². The highest BCUT2D eigenvalue weighted by molar-refractivity contribution is 7.17. The molecule has 2 aromatic rings. The number of carbonyl (C=O) groups is 1. The van der Waals surface area contributed by atoms with E-state index in [0.29, 0.717) is 23.8 Å².